The number of fused-ring (bicyclic) bond motifs is 1. The van der Waals surface area contributed by atoms with Crippen LogP contribution in [0, 0.1) is 0 Å². The van der Waals surface area contributed by atoms with Crippen LogP contribution in [0.2, 0.25) is 5.28 Å². The van der Waals surface area contributed by atoms with E-state index in [0.29, 0.717) is 11.5 Å². The number of ether oxygens (including phenoxy) is 1. The number of hydrogen-bond acceptors (Lipinski definition) is 7. The number of nitrogens with one attached hydrogen (secondary N) is 2. The second-order valence-corrected chi connectivity index (χ2v) is 4.66. The van der Waals surface area contributed by atoms with E-state index >= 15 is 0 Å². The van der Waals surface area contributed by atoms with Crippen LogP contribution in [-0.2, 0) is 4.74 Å². The second kappa shape index (κ2) is 11.1. The van der Waals surface area contributed by atoms with Crippen molar-refractivity contribution < 1.29 is 9.84 Å². The van der Waals surface area contributed by atoms with Crippen LogP contribution in [0.1, 0.15) is 13.8 Å². The zero-order valence-corrected chi connectivity index (χ0v) is 14.6. The van der Waals surface area contributed by atoms with E-state index in [1.165, 1.54) is 0 Å². The number of H-pyrrole nitrogens is 1. The highest BCUT2D eigenvalue weighted by Crippen LogP contribution is 2.18. The Morgan fingerprint density at radius 3 is 2.70 bits per heavy atom. The molecule has 0 saturated carbocycles. The molecule has 0 amide bonds. The molecule has 130 valence electrons. The largest absolute Gasteiger partial charge is 0.400 e. The van der Waals surface area contributed by atoms with Crippen LogP contribution >= 0.6 is 11.6 Å². The molecule has 1 saturated heterocycles. The first-order chi connectivity index (χ1) is 11.3. The Bertz CT molecular complexity index is 559. The molecule has 0 aliphatic carbocycles. The molecule has 9 heteroatoms. The fourth-order valence-corrected chi connectivity index (χ4v) is 2.26. The Morgan fingerprint density at radius 2 is 2.00 bits per heavy atom. The Labute approximate surface area is 141 Å². The lowest BCUT2D eigenvalue weighted by molar-refractivity contribution is 0.0398. The second-order valence-electron chi connectivity index (χ2n) is 4.32. The van der Waals surface area contributed by atoms with Crippen molar-refractivity contribution in [1.82, 2.24) is 24.8 Å². The SMILES string of the molecule is CC.CO.Clc1nc(NCCN2CCOCC2)c2[nH]cnc2n1. The van der Waals surface area contributed by atoms with Crippen molar-refractivity contribution in [3.63, 3.8) is 0 Å². The number of anilines is 1. The summed E-state index contributed by atoms with van der Waals surface area (Å²) in [6, 6.07) is 0. The smallest absolute Gasteiger partial charge is 0.226 e. The van der Waals surface area contributed by atoms with Crippen molar-refractivity contribution in [3.8, 4) is 0 Å². The van der Waals surface area contributed by atoms with Gasteiger partial charge in [-0.1, -0.05) is 13.8 Å². The first kappa shape index (κ1) is 19.6. The van der Waals surface area contributed by atoms with Crippen molar-refractivity contribution in [2.24, 2.45) is 0 Å². The van der Waals surface area contributed by atoms with Crippen molar-refractivity contribution in [2.45, 2.75) is 13.8 Å². The van der Waals surface area contributed by atoms with Crippen LogP contribution in [0.5, 0.6) is 0 Å². The molecule has 0 unspecified atom stereocenters. The maximum absolute atomic E-state index is 7.00. The molecule has 1 aliphatic rings. The van der Waals surface area contributed by atoms with Gasteiger partial charge in [-0.2, -0.15) is 9.97 Å². The molecule has 0 bridgehead atoms. The summed E-state index contributed by atoms with van der Waals surface area (Å²) in [5.74, 6) is 0.695. The van der Waals surface area contributed by atoms with Gasteiger partial charge < -0.3 is 20.1 Å². The Hall–Kier alpha value is -1.48. The average molecular weight is 345 g/mol. The molecule has 0 aromatic carbocycles. The highest BCUT2D eigenvalue weighted by atomic mass is 35.5. The number of aliphatic hydroxyl groups is 1. The van der Waals surface area contributed by atoms with Gasteiger partial charge in [0, 0.05) is 33.3 Å². The zero-order valence-electron chi connectivity index (χ0n) is 13.8. The van der Waals surface area contributed by atoms with Crippen LogP contribution in [-0.4, -0.2) is 76.4 Å². The number of morpholine rings is 1. The van der Waals surface area contributed by atoms with Gasteiger partial charge in [-0.05, 0) is 11.6 Å². The number of hydrogen-bond donors (Lipinski definition) is 3. The minimum absolute atomic E-state index is 0.202. The predicted octanol–water partition coefficient (Wildman–Crippen LogP) is 1.39. The van der Waals surface area contributed by atoms with Crippen molar-refractivity contribution in [2.75, 3.05) is 51.8 Å². The molecule has 3 N–H and O–H groups in total. The monoisotopic (exact) mass is 344 g/mol. The molecule has 23 heavy (non-hydrogen) atoms. The van der Waals surface area contributed by atoms with Crippen molar-refractivity contribution in [3.05, 3.63) is 11.6 Å². The van der Waals surface area contributed by atoms with E-state index in [4.69, 9.17) is 21.4 Å². The molecule has 2 aromatic heterocycles. The molecule has 1 aliphatic heterocycles. The highest BCUT2D eigenvalue weighted by molar-refractivity contribution is 6.28. The van der Waals surface area contributed by atoms with Gasteiger partial charge in [-0.3, -0.25) is 4.90 Å². The minimum atomic E-state index is 0.202. The van der Waals surface area contributed by atoms with Crippen LogP contribution in [0.15, 0.2) is 6.33 Å². The number of halogens is 1. The number of aromatic amines is 1. The third kappa shape index (κ3) is 5.91. The quantitative estimate of drug-likeness (QED) is 0.720. The number of nitrogens with zero attached hydrogens (tertiary/aromatic N) is 4. The molecular formula is C14H25ClN6O2. The summed E-state index contributed by atoms with van der Waals surface area (Å²) in [6.45, 7) is 9.31. The normalized spacial score (nSPS) is 14.5. The molecule has 0 atom stereocenters. The van der Waals surface area contributed by atoms with E-state index in [2.05, 4.69) is 30.2 Å². The zero-order chi connectivity index (χ0) is 17.1. The Balaban J connectivity index is 0.000000615. The number of imidazole rings is 1. The topological polar surface area (TPSA) is 99.2 Å². The molecule has 0 spiro atoms. The Morgan fingerprint density at radius 1 is 1.30 bits per heavy atom. The van der Waals surface area contributed by atoms with Gasteiger partial charge in [0.2, 0.25) is 5.28 Å². The van der Waals surface area contributed by atoms with E-state index < -0.39 is 0 Å². The fraction of sp³-hybridized carbons (Fsp3) is 0.643. The van der Waals surface area contributed by atoms with Gasteiger partial charge in [-0.25, -0.2) is 4.98 Å². The predicted molar refractivity (Wildman–Crippen MR) is 91.9 cm³/mol. The molecule has 3 heterocycles. The van der Waals surface area contributed by atoms with E-state index in [1.54, 1.807) is 6.33 Å². The minimum Gasteiger partial charge on any atom is -0.400 e. The van der Waals surface area contributed by atoms with Gasteiger partial charge in [0.05, 0.1) is 19.5 Å². The first-order valence-electron chi connectivity index (χ1n) is 7.68. The van der Waals surface area contributed by atoms with E-state index in [9.17, 15) is 0 Å². The lowest BCUT2D eigenvalue weighted by atomic mass is 10.4. The summed E-state index contributed by atoms with van der Waals surface area (Å²) in [7, 11) is 1.00. The van der Waals surface area contributed by atoms with Gasteiger partial charge >= 0.3 is 0 Å². The van der Waals surface area contributed by atoms with Crippen molar-refractivity contribution >= 4 is 28.6 Å². The van der Waals surface area contributed by atoms with Gasteiger partial charge in [0.1, 0.15) is 5.52 Å². The number of aliphatic hydroxyl groups excluding tert-OH is 1. The molecule has 8 nitrogen and oxygen atoms in total. The maximum atomic E-state index is 7.00. The van der Waals surface area contributed by atoms with E-state index in [0.717, 1.165) is 52.0 Å². The van der Waals surface area contributed by atoms with E-state index in [-0.39, 0.29) is 5.28 Å². The maximum Gasteiger partial charge on any atom is 0.226 e. The van der Waals surface area contributed by atoms with Gasteiger partial charge in [0.25, 0.3) is 0 Å². The number of rotatable bonds is 4. The van der Waals surface area contributed by atoms with Crippen LogP contribution in [0.4, 0.5) is 5.82 Å². The number of aromatic nitrogens is 4. The van der Waals surface area contributed by atoms with Gasteiger partial charge in [-0.15, -0.1) is 0 Å². The molecular weight excluding hydrogens is 320 g/mol. The third-order valence-corrected chi connectivity index (χ3v) is 3.25. The summed E-state index contributed by atoms with van der Waals surface area (Å²) in [5, 5.41) is 10.5. The Kier molecular flexibility index (Phi) is 9.46. The summed E-state index contributed by atoms with van der Waals surface area (Å²) >= 11 is 5.87. The molecule has 1 fully saturated rings. The average Bonchev–Trinajstić information content (AvgIpc) is 3.08. The molecule has 3 rings (SSSR count). The standard InChI is InChI=1S/C11H15ClN6O.C2H6.CH4O/c12-11-16-9(8-10(17-11)15-7-14-8)13-1-2-18-3-5-19-6-4-18;2*1-2/h7H,1-6H2,(H2,13,14,15,16,17);1-2H3;2H,1H3. The molecule has 0 radical (unpaired) electrons. The van der Waals surface area contributed by atoms with E-state index in [1.807, 2.05) is 13.8 Å². The van der Waals surface area contributed by atoms with Crippen molar-refractivity contribution in [1.29, 1.82) is 0 Å². The third-order valence-electron chi connectivity index (χ3n) is 3.08. The highest BCUT2D eigenvalue weighted by Gasteiger charge is 2.11. The first-order valence-corrected chi connectivity index (χ1v) is 8.06. The summed E-state index contributed by atoms with van der Waals surface area (Å²) < 4.78 is 5.31. The van der Waals surface area contributed by atoms with Crippen LogP contribution in [0.3, 0.4) is 0 Å². The fourth-order valence-electron chi connectivity index (χ4n) is 2.09. The summed E-state index contributed by atoms with van der Waals surface area (Å²) in [5.41, 5.74) is 1.36. The van der Waals surface area contributed by atoms with Crippen LogP contribution in [0.25, 0.3) is 11.2 Å². The van der Waals surface area contributed by atoms with Gasteiger partial charge in [0.15, 0.2) is 11.5 Å². The summed E-state index contributed by atoms with van der Waals surface area (Å²) in [6.07, 6.45) is 1.59. The lowest BCUT2D eigenvalue weighted by Gasteiger charge is -2.26. The summed E-state index contributed by atoms with van der Waals surface area (Å²) in [4.78, 5) is 17.7. The van der Waals surface area contributed by atoms with Crippen LogP contribution < -0.4 is 5.32 Å². The molecule has 2 aromatic rings. The lowest BCUT2D eigenvalue weighted by Crippen LogP contribution is -2.39.